The van der Waals surface area contributed by atoms with Gasteiger partial charge in [0.25, 0.3) is 0 Å². The van der Waals surface area contributed by atoms with E-state index >= 15 is 0 Å². The summed E-state index contributed by atoms with van der Waals surface area (Å²) in [5.41, 5.74) is -5.53. The zero-order valence-electron chi connectivity index (χ0n) is 12.4. The molecule has 2 atom stereocenters. The van der Waals surface area contributed by atoms with Crippen LogP contribution in [0.5, 0.6) is 11.9 Å². The van der Waals surface area contributed by atoms with Crippen molar-refractivity contribution in [3.05, 3.63) is 12.3 Å². The van der Waals surface area contributed by atoms with Gasteiger partial charge in [-0.25, -0.2) is 4.98 Å². The number of likely N-dealkylation sites (N-methyl/N-ethyl adjacent to an activating group) is 1. The van der Waals surface area contributed by atoms with E-state index in [4.69, 9.17) is 4.74 Å². The molecule has 0 spiro atoms. The van der Waals surface area contributed by atoms with Crippen LogP contribution in [0.3, 0.4) is 0 Å². The van der Waals surface area contributed by atoms with Crippen molar-refractivity contribution in [2.45, 2.75) is 37.4 Å². The van der Waals surface area contributed by atoms with E-state index in [2.05, 4.69) is 19.1 Å². The minimum Gasteiger partial charge on any atom is -0.459 e. The maximum Gasteiger partial charge on any atom is 0.534 e. The van der Waals surface area contributed by atoms with Gasteiger partial charge >= 0.3 is 21.6 Å². The van der Waals surface area contributed by atoms with Gasteiger partial charge in [0.05, 0.1) is 0 Å². The number of rotatable bonds is 5. The molecule has 2 heterocycles. The molecule has 1 aliphatic rings. The summed E-state index contributed by atoms with van der Waals surface area (Å²) in [4.78, 5) is 9.41. The Labute approximate surface area is 131 Å². The first-order valence-corrected chi connectivity index (χ1v) is 8.21. The molecule has 1 fully saturated rings. The quantitative estimate of drug-likeness (QED) is 0.586. The lowest BCUT2D eigenvalue weighted by Crippen LogP contribution is -2.38. The molecular formula is C12H16F3N3O4S. The predicted octanol–water partition coefficient (Wildman–Crippen LogP) is 1.57. The average molecular weight is 355 g/mol. The van der Waals surface area contributed by atoms with Gasteiger partial charge in [-0.2, -0.15) is 26.6 Å². The van der Waals surface area contributed by atoms with Crippen LogP contribution in [-0.4, -0.2) is 54.5 Å². The minimum absolute atomic E-state index is 0.127. The summed E-state index contributed by atoms with van der Waals surface area (Å²) >= 11 is 0. The Morgan fingerprint density at radius 3 is 2.70 bits per heavy atom. The SMILES string of the molecule is C[C@H](Oc1nccc(OS(=O)(=O)C(F)(F)F)n1)[C@@H]1CCCN1C. The third-order valence-electron chi connectivity index (χ3n) is 3.50. The fourth-order valence-electron chi connectivity index (χ4n) is 2.36. The van der Waals surface area contributed by atoms with Gasteiger partial charge in [0.1, 0.15) is 6.10 Å². The van der Waals surface area contributed by atoms with Gasteiger partial charge in [-0.05, 0) is 33.4 Å². The average Bonchev–Trinajstić information content (AvgIpc) is 2.83. The van der Waals surface area contributed by atoms with Gasteiger partial charge in [0.2, 0.25) is 5.88 Å². The van der Waals surface area contributed by atoms with Gasteiger partial charge in [-0.15, -0.1) is 0 Å². The first-order valence-electron chi connectivity index (χ1n) is 6.81. The summed E-state index contributed by atoms with van der Waals surface area (Å²) in [5.74, 6) is -0.751. The van der Waals surface area contributed by atoms with Crippen LogP contribution in [0, 0.1) is 0 Å². The molecule has 1 saturated heterocycles. The van der Waals surface area contributed by atoms with Crippen molar-refractivity contribution in [3.63, 3.8) is 0 Å². The Hall–Kier alpha value is -1.62. The molecule has 0 bridgehead atoms. The summed E-state index contributed by atoms with van der Waals surface area (Å²) in [6, 6.07) is 0.789. The highest BCUT2D eigenvalue weighted by Gasteiger charge is 2.48. The second-order valence-electron chi connectivity index (χ2n) is 5.17. The highest BCUT2D eigenvalue weighted by molar-refractivity contribution is 7.87. The lowest BCUT2D eigenvalue weighted by Gasteiger charge is -2.25. The standard InChI is InChI=1S/C12H16F3N3O4S/c1-8(9-4-3-7-18(9)2)21-11-16-6-5-10(17-11)22-23(19,20)12(13,14)15/h5-6,8-9H,3-4,7H2,1-2H3/t8-,9-/m0/s1. The van der Waals surface area contributed by atoms with Crippen molar-refractivity contribution in [1.82, 2.24) is 14.9 Å². The molecule has 0 aromatic carbocycles. The maximum absolute atomic E-state index is 12.3. The molecule has 0 aliphatic carbocycles. The Morgan fingerprint density at radius 2 is 2.13 bits per heavy atom. The van der Waals surface area contributed by atoms with Crippen molar-refractivity contribution in [2.75, 3.05) is 13.6 Å². The molecule has 7 nitrogen and oxygen atoms in total. The Balaban J connectivity index is 2.08. The topological polar surface area (TPSA) is 81.6 Å². The Morgan fingerprint density at radius 1 is 1.43 bits per heavy atom. The van der Waals surface area contributed by atoms with Crippen molar-refractivity contribution in [1.29, 1.82) is 0 Å². The number of ether oxygens (including phenoxy) is 1. The number of aromatic nitrogens is 2. The molecule has 1 aliphatic heterocycles. The summed E-state index contributed by atoms with van der Waals surface area (Å²) in [6.07, 6.45) is 2.69. The molecule has 0 radical (unpaired) electrons. The molecule has 23 heavy (non-hydrogen) atoms. The van der Waals surface area contributed by atoms with E-state index in [0.29, 0.717) is 0 Å². The molecule has 1 aromatic rings. The zero-order valence-corrected chi connectivity index (χ0v) is 13.3. The first kappa shape index (κ1) is 17.7. The largest absolute Gasteiger partial charge is 0.534 e. The van der Waals surface area contributed by atoms with Gasteiger partial charge < -0.3 is 8.92 Å². The van der Waals surface area contributed by atoms with Crippen molar-refractivity contribution >= 4 is 10.1 Å². The monoisotopic (exact) mass is 355 g/mol. The van der Waals surface area contributed by atoms with Crippen molar-refractivity contribution < 1.29 is 30.5 Å². The van der Waals surface area contributed by atoms with Gasteiger partial charge in [-0.1, -0.05) is 0 Å². The number of halogens is 3. The van der Waals surface area contributed by atoms with Crippen LogP contribution >= 0.6 is 0 Å². The first-order chi connectivity index (χ1) is 10.6. The summed E-state index contributed by atoms with van der Waals surface area (Å²) in [7, 11) is -3.84. The number of hydrogen-bond donors (Lipinski definition) is 0. The molecule has 0 saturated carbocycles. The molecule has 2 rings (SSSR count). The molecule has 0 N–H and O–H groups in total. The Kier molecular flexibility index (Phi) is 4.99. The lowest BCUT2D eigenvalue weighted by atomic mass is 10.1. The molecular weight excluding hydrogens is 339 g/mol. The van der Waals surface area contributed by atoms with Crippen LogP contribution in [0.1, 0.15) is 19.8 Å². The van der Waals surface area contributed by atoms with E-state index in [-0.39, 0.29) is 18.2 Å². The van der Waals surface area contributed by atoms with Gasteiger partial charge in [-0.3, -0.25) is 4.90 Å². The molecule has 130 valence electrons. The van der Waals surface area contributed by atoms with E-state index in [1.807, 2.05) is 7.05 Å². The van der Waals surface area contributed by atoms with E-state index in [1.165, 1.54) is 0 Å². The fourth-order valence-corrected chi connectivity index (χ4v) is 2.77. The van der Waals surface area contributed by atoms with E-state index in [0.717, 1.165) is 31.6 Å². The number of nitrogens with zero attached hydrogens (tertiary/aromatic N) is 3. The minimum atomic E-state index is -5.77. The molecule has 1 aromatic heterocycles. The smallest absolute Gasteiger partial charge is 0.459 e. The molecule has 11 heteroatoms. The van der Waals surface area contributed by atoms with E-state index < -0.39 is 21.5 Å². The molecule has 0 amide bonds. The van der Waals surface area contributed by atoms with Crippen LogP contribution in [0.15, 0.2) is 12.3 Å². The Bertz CT molecular complexity index is 653. The third-order valence-corrected chi connectivity index (χ3v) is 4.45. The van der Waals surface area contributed by atoms with Crippen molar-refractivity contribution in [2.24, 2.45) is 0 Å². The summed E-state index contributed by atoms with van der Waals surface area (Å²) in [6.45, 7) is 2.71. The number of likely N-dealkylation sites (tertiary alicyclic amines) is 1. The van der Waals surface area contributed by atoms with Crippen LogP contribution in [0.25, 0.3) is 0 Å². The van der Waals surface area contributed by atoms with Gasteiger partial charge in [0.15, 0.2) is 0 Å². The number of alkyl halides is 3. The van der Waals surface area contributed by atoms with Crippen molar-refractivity contribution in [3.8, 4) is 11.9 Å². The van der Waals surface area contributed by atoms with E-state index in [1.54, 1.807) is 6.92 Å². The van der Waals surface area contributed by atoms with Crippen LogP contribution in [-0.2, 0) is 10.1 Å². The summed E-state index contributed by atoms with van der Waals surface area (Å²) in [5, 5.41) is 0. The normalized spacial score (nSPS) is 21.2. The number of hydrogen-bond acceptors (Lipinski definition) is 7. The van der Waals surface area contributed by atoms with Gasteiger partial charge in [0, 0.05) is 18.3 Å². The van der Waals surface area contributed by atoms with Crippen LogP contribution in [0.4, 0.5) is 13.2 Å². The molecule has 0 unspecified atom stereocenters. The lowest BCUT2D eigenvalue weighted by molar-refractivity contribution is -0.0501. The van der Waals surface area contributed by atoms with Crippen LogP contribution in [0.2, 0.25) is 0 Å². The summed E-state index contributed by atoms with van der Waals surface area (Å²) < 4.78 is 68.2. The third kappa shape index (κ3) is 4.22. The second-order valence-corrected chi connectivity index (χ2v) is 6.71. The fraction of sp³-hybridized carbons (Fsp3) is 0.667. The van der Waals surface area contributed by atoms with E-state index in [9.17, 15) is 21.6 Å². The second kappa shape index (κ2) is 6.48. The highest BCUT2D eigenvalue weighted by Crippen LogP contribution is 2.27. The zero-order chi connectivity index (χ0) is 17.3. The van der Waals surface area contributed by atoms with Crippen LogP contribution < -0.4 is 8.92 Å². The highest BCUT2D eigenvalue weighted by atomic mass is 32.2. The predicted molar refractivity (Wildman–Crippen MR) is 73.4 cm³/mol. The maximum atomic E-state index is 12.3.